The minimum atomic E-state index is 0.0920. The highest BCUT2D eigenvalue weighted by atomic mass is 79.9. The predicted molar refractivity (Wildman–Crippen MR) is 80.9 cm³/mol. The highest BCUT2D eigenvalue weighted by Gasteiger charge is 2.22. The van der Waals surface area contributed by atoms with Crippen molar-refractivity contribution in [3.05, 3.63) is 22.2 Å². The molecule has 0 bridgehead atoms. The number of rotatable bonds is 5. The summed E-state index contributed by atoms with van der Waals surface area (Å²) in [6.45, 7) is 2.01. The molecule has 0 aliphatic heterocycles. The van der Waals surface area contributed by atoms with E-state index in [1.54, 1.807) is 7.11 Å². The lowest BCUT2D eigenvalue weighted by Crippen LogP contribution is -2.20. The summed E-state index contributed by atoms with van der Waals surface area (Å²) in [5.74, 6) is 1.66. The van der Waals surface area contributed by atoms with Gasteiger partial charge in [-0.2, -0.15) is 0 Å². The van der Waals surface area contributed by atoms with Gasteiger partial charge >= 0.3 is 0 Å². The molecule has 0 radical (unpaired) electrons. The minimum absolute atomic E-state index is 0.0920. The van der Waals surface area contributed by atoms with Crippen molar-refractivity contribution in [3.8, 4) is 11.5 Å². The Labute approximate surface area is 123 Å². The van der Waals surface area contributed by atoms with E-state index in [0.29, 0.717) is 6.10 Å². The van der Waals surface area contributed by atoms with Crippen LogP contribution in [0.3, 0.4) is 0 Å². The molecule has 2 rings (SSSR count). The summed E-state index contributed by atoms with van der Waals surface area (Å²) in [7, 11) is 1.68. The van der Waals surface area contributed by atoms with Crippen molar-refractivity contribution in [2.45, 2.75) is 51.2 Å². The molecule has 1 aromatic carbocycles. The molecule has 1 aromatic rings. The van der Waals surface area contributed by atoms with Gasteiger partial charge in [0.25, 0.3) is 0 Å². The van der Waals surface area contributed by atoms with Crippen molar-refractivity contribution in [3.63, 3.8) is 0 Å². The lowest BCUT2D eigenvalue weighted by Gasteiger charge is -2.21. The van der Waals surface area contributed by atoms with E-state index in [-0.39, 0.29) is 6.04 Å². The number of benzene rings is 1. The standard InChI is InChI=1S/C15H22BrNO2/c1-10(17)9-12-13(16)7-8-14(18-2)15(12)19-11-5-3-4-6-11/h7-8,10-11H,3-6,9,17H2,1-2H3. The van der Waals surface area contributed by atoms with Crippen molar-refractivity contribution < 1.29 is 9.47 Å². The second-order valence-electron chi connectivity index (χ2n) is 5.26. The maximum atomic E-state index is 6.20. The smallest absolute Gasteiger partial charge is 0.165 e. The van der Waals surface area contributed by atoms with Crippen molar-refractivity contribution in [2.75, 3.05) is 7.11 Å². The van der Waals surface area contributed by atoms with Crippen LogP contribution in [0, 0.1) is 0 Å². The van der Waals surface area contributed by atoms with Gasteiger partial charge in [-0.05, 0) is 51.2 Å². The van der Waals surface area contributed by atoms with E-state index in [4.69, 9.17) is 15.2 Å². The van der Waals surface area contributed by atoms with E-state index in [2.05, 4.69) is 15.9 Å². The molecule has 3 nitrogen and oxygen atoms in total. The second kappa shape index (κ2) is 6.62. The van der Waals surface area contributed by atoms with Crippen LogP contribution < -0.4 is 15.2 Å². The van der Waals surface area contributed by atoms with Gasteiger partial charge in [-0.1, -0.05) is 15.9 Å². The van der Waals surface area contributed by atoms with E-state index in [9.17, 15) is 0 Å². The first-order chi connectivity index (χ1) is 9.11. The Morgan fingerprint density at radius 2 is 2.05 bits per heavy atom. The number of hydrogen-bond acceptors (Lipinski definition) is 3. The Hall–Kier alpha value is -0.740. The molecule has 1 fully saturated rings. The first-order valence-electron chi connectivity index (χ1n) is 6.89. The zero-order chi connectivity index (χ0) is 13.8. The number of nitrogens with two attached hydrogens (primary N) is 1. The summed E-state index contributed by atoms with van der Waals surface area (Å²) >= 11 is 3.60. The molecule has 1 unspecified atom stereocenters. The monoisotopic (exact) mass is 327 g/mol. The summed E-state index contributed by atoms with van der Waals surface area (Å²) in [4.78, 5) is 0. The molecule has 1 aliphatic carbocycles. The highest BCUT2D eigenvalue weighted by molar-refractivity contribution is 9.10. The number of methoxy groups -OCH3 is 1. The summed E-state index contributed by atoms with van der Waals surface area (Å²) < 4.78 is 12.7. The van der Waals surface area contributed by atoms with Crippen LogP contribution in [-0.4, -0.2) is 19.3 Å². The fraction of sp³-hybridized carbons (Fsp3) is 0.600. The molecule has 0 heterocycles. The average molecular weight is 328 g/mol. The Morgan fingerprint density at radius 1 is 1.37 bits per heavy atom. The number of hydrogen-bond donors (Lipinski definition) is 1. The summed E-state index contributed by atoms with van der Waals surface area (Å²) in [5, 5.41) is 0. The van der Waals surface area contributed by atoms with Crippen LogP contribution in [0.4, 0.5) is 0 Å². The van der Waals surface area contributed by atoms with Crippen LogP contribution in [0.5, 0.6) is 11.5 Å². The van der Waals surface area contributed by atoms with Crippen LogP contribution in [0.15, 0.2) is 16.6 Å². The van der Waals surface area contributed by atoms with Gasteiger partial charge in [0.2, 0.25) is 0 Å². The Morgan fingerprint density at radius 3 is 2.63 bits per heavy atom. The highest BCUT2D eigenvalue weighted by Crippen LogP contribution is 2.39. The second-order valence-corrected chi connectivity index (χ2v) is 6.12. The molecule has 0 saturated heterocycles. The van der Waals surface area contributed by atoms with E-state index in [0.717, 1.165) is 40.8 Å². The molecule has 4 heteroatoms. The van der Waals surface area contributed by atoms with Crippen LogP contribution >= 0.6 is 15.9 Å². The molecular formula is C15H22BrNO2. The summed E-state index contributed by atoms with van der Waals surface area (Å²) in [6, 6.07) is 4.03. The SMILES string of the molecule is COc1ccc(Br)c(CC(C)N)c1OC1CCCC1. The fourth-order valence-corrected chi connectivity index (χ4v) is 3.03. The Bertz CT molecular complexity index is 428. The minimum Gasteiger partial charge on any atom is -0.493 e. The van der Waals surface area contributed by atoms with Crippen molar-refractivity contribution in [2.24, 2.45) is 5.73 Å². The molecule has 0 aromatic heterocycles. The van der Waals surface area contributed by atoms with Gasteiger partial charge in [-0.3, -0.25) is 0 Å². The van der Waals surface area contributed by atoms with Crippen LogP contribution in [0.25, 0.3) is 0 Å². The Balaban J connectivity index is 2.32. The topological polar surface area (TPSA) is 44.5 Å². The van der Waals surface area contributed by atoms with E-state index in [1.165, 1.54) is 12.8 Å². The lowest BCUT2D eigenvalue weighted by atomic mass is 10.1. The van der Waals surface area contributed by atoms with Gasteiger partial charge in [0, 0.05) is 16.1 Å². The molecular weight excluding hydrogens is 306 g/mol. The van der Waals surface area contributed by atoms with E-state index < -0.39 is 0 Å². The summed E-state index contributed by atoms with van der Waals surface area (Å²) in [5.41, 5.74) is 7.06. The third kappa shape index (κ3) is 3.63. The molecule has 1 atom stereocenters. The first-order valence-corrected chi connectivity index (χ1v) is 7.68. The largest absolute Gasteiger partial charge is 0.493 e. The van der Waals surface area contributed by atoms with Gasteiger partial charge in [0.1, 0.15) is 0 Å². The van der Waals surface area contributed by atoms with Gasteiger partial charge in [-0.15, -0.1) is 0 Å². The third-order valence-electron chi connectivity index (χ3n) is 3.50. The molecule has 1 aliphatic rings. The first kappa shape index (κ1) is 14.7. The summed E-state index contributed by atoms with van der Waals surface area (Å²) in [6.07, 6.45) is 5.86. The van der Waals surface area contributed by atoms with Crippen LogP contribution in [-0.2, 0) is 6.42 Å². The quantitative estimate of drug-likeness (QED) is 0.897. The molecule has 0 spiro atoms. The fourth-order valence-electron chi connectivity index (χ4n) is 2.56. The van der Waals surface area contributed by atoms with Crippen molar-refractivity contribution in [1.29, 1.82) is 0 Å². The van der Waals surface area contributed by atoms with Crippen LogP contribution in [0.2, 0.25) is 0 Å². The third-order valence-corrected chi connectivity index (χ3v) is 4.24. The zero-order valence-electron chi connectivity index (χ0n) is 11.6. The normalized spacial score (nSPS) is 17.5. The van der Waals surface area contributed by atoms with Crippen molar-refractivity contribution >= 4 is 15.9 Å². The van der Waals surface area contributed by atoms with Crippen LogP contribution in [0.1, 0.15) is 38.2 Å². The molecule has 0 amide bonds. The molecule has 2 N–H and O–H groups in total. The number of ether oxygens (including phenoxy) is 2. The zero-order valence-corrected chi connectivity index (χ0v) is 13.2. The molecule has 19 heavy (non-hydrogen) atoms. The van der Waals surface area contributed by atoms with Gasteiger partial charge in [0.05, 0.1) is 13.2 Å². The van der Waals surface area contributed by atoms with Gasteiger partial charge < -0.3 is 15.2 Å². The maximum absolute atomic E-state index is 6.20. The Kier molecular flexibility index (Phi) is 5.11. The predicted octanol–water partition coefficient (Wildman–Crippen LogP) is 3.67. The van der Waals surface area contributed by atoms with E-state index in [1.807, 2.05) is 19.1 Å². The number of halogens is 1. The maximum Gasteiger partial charge on any atom is 0.165 e. The van der Waals surface area contributed by atoms with Crippen molar-refractivity contribution in [1.82, 2.24) is 0 Å². The average Bonchev–Trinajstić information content (AvgIpc) is 2.86. The van der Waals surface area contributed by atoms with Gasteiger partial charge in [0.15, 0.2) is 11.5 Å². The van der Waals surface area contributed by atoms with Gasteiger partial charge in [-0.25, -0.2) is 0 Å². The van der Waals surface area contributed by atoms with E-state index >= 15 is 0 Å². The molecule has 1 saturated carbocycles. The molecule has 106 valence electrons. The lowest BCUT2D eigenvalue weighted by molar-refractivity contribution is 0.198.